The van der Waals surface area contributed by atoms with Gasteiger partial charge >= 0.3 is 0 Å². The number of carbonyl (C=O) groups excluding carboxylic acids is 1. The van der Waals surface area contributed by atoms with Crippen LogP contribution >= 0.6 is 36.4 Å². The predicted octanol–water partition coefficient (Wildman–Crippen LogP) is 4.55. The van der Waals surface area contributed by atoms with E-state index in [-0.39, 0.29) is 42.8 Å². The molecule has 1 aromatic heterocycles. The zero-order valence-electron chi connectivity index (χ0n) is 16.1. The van der Waals surface area contributed by atoms with E-state index in [1.807, 2.05) is 43.4 Å². The molecule has 8 heteroatoms. The standard InChI is InChI=1S/C21H23ClN4O.2ClH/c1-26(12-11-20-24-17-8-7-15(22)13-19(17)25-20)21(27)18-10-9-16(23-18)14-5-3-2-4-6-14;;/h2-8,13,16,18,23H,9-12H2,1H3,(H,24,25);2*1H/t16-,18-;;/m1../s1. The predicted molar refractivity (Wildman–Crippen MR) is 122 cm³/mol. The Kier molecular flexibility index (Phi) is 8.34. The van der Waals surface area contributed by atoms with Crippen LogP contribution in [0, 0.1) is 0 Å². The highest BCUT2D eigenvalue weighted by molar-refractivity contribution is 6.31. The largest absolute Gasteiger partial charge is 0.344 e. The van der Waals surface area contributed by atoms with Crippen molar-refractivity contribution in [2.75, 3.05) is 13.6 Å². The van der Waals surface area contributed by atoms with Gasteiger partial charge in [-0.05, 0) is 36.6 Å². The summed E-state index contributed by atoms with van der Waals surface area (Å²) in [5.41, 5.74) is 3.07. The molecule has 29 heavy (non-hydrogen) atoms. The van der Waals surface area contributed by atoms with Crippen molar-refractivity contribution in [3.05, 3.63) is 64.9 Å². The molecule has 0 spiro atoms. The Hall–Kier alpha value is -1.79. The van der Waals surface area contributed by atoms with Gasteiger partial charge in [0.2, 0.25) is 5.91 Å². The van der Waals surface area contributed by atoms with Crippen LogP contribution in [0.15, 0.2) is 48.5 Å². The topological polar surface area (TPSA) is 61.0 Å². The summed E-state index contributed by atoms with van der Waals surface area (Å²) in [4.78, 5) is 22.4. The van der Waals surface area contributed by atoms with Gasteiger partial charge in [-0.2, -0.15) is 0 Å². The molecule has 0 bridgehead atoms. The maximum Gasteiger partial charge on any atom is 0.239 e. The maximum absolute atomic E-state index is 12.8. The number of nitrogens with one attached hydrogen (secondary N) is 2. The molecule has 0 radical (unpaired) electrons. The molecule has 4 rings (SSSR count). The van der Waals surface area contributed by atoms with Gasteiger partial charge in [0.1, 0.15) is 5.82 Å². The fraction of sp³-hybridized carbons (Fsp3) is 0.333. The zero-order chi connectivity index (χ0) is 18.8. The maximum atomic E-state index is 12.8. The van der Waals surface area contributed by atoms with E-state index in [4.69, 9.17) is 11.6 Å². The molecule has 0 saturated carbocycles. The first-order valence-electron chi connectivity index (χ1n) is 9.30. The van der Waals surface area contributed by atoms with Crippen molar-refractivity contribution in [3.8, 4) is 0 Å². The van der Waals surface area contributed by atoms with Crippen molar-refractivity contribution >= 4 is 53.4 Å². The van der Waals surface area contributed by atoms with Crippen LogP contribution in [-0.4, -0.2) is 40.4 Å². The molecule has 1 aliphatic rings. The number of hydrogen-bond donors (Lipinski definition) is 2. The molecular weight excluding hydrogens is 431 g/mol. The van der Waals surface area contributed by atoms with Crippen molar-refractivity contribution in [3.63, 3.8) is 0 Å². The monoisotopic (exact) mass is 454 g/mol. The van der Waals surface area contributed by atoms with Crippen molar-refractivity contribution in [1.82, 2.24) is 20.2 Å². The Morgan fingerprint density at radius 3 is 2.69 bits per heavy atom. The minimum absolute atomic E-state index is 0. The Morgan fingerprint density at radius 2 is 1.93 bits per heavy atom. The van der Waals surface area contributed by atoms with Gasteiger partial charge in [-0.15, -0.1) is 24.8 Å². The minimum Gasteiger partial charge on any atom is -0.344 e. The van der Waals surface area contributed by atoms with E-state index in [2.05, 4.69) is 27.4 Å². The summed E-state index contributed by atoms with van der Waals surface area (Å²) >= 11 is 6.02. The number of fused-ring (bicyclic) bond motifs is 1. The fourth-order valence-electron chi connectivity index (χ4n) is 3.69. The van der Waals surface area contributed by atoms with Crippen LogP contribution in [0.2, 0.25) is 5.02 Å². The first-order chi connectivity index (χ1) is 13.1. The van der Waals surface area contributed by atoms with Crippen molar-refractivity contribution < 1.29 is 4.79 Å². The SMILES string of the molecule is CN(CCc1nc2ccc(Cl)cc2[nH]1)C(=O)[C@H]1CC[C@H](c2ccccc2)N1.Cl.Cl. The third-order valence-corrected chi connectivity index (χ3v) is 5.43. The van der Waals surface area contributed by atoms with E-state index < -0.39 is 0 Å². The van der Waals surface area contributed by atoms with E-state index in [1.165, 1.54) is 5.56 Å². The highest BCUT2D eigenvalue weighted by Crippen LogP contribution is 2.27. The highest BCUT2D eigenvalue weighted by Gasteiger charge is 2.31. The van der Waals surface area contributed by atoms with Gasteiger partial charge in [-0.1, -0.05) is 41.9 Å². The molecule has 2 aromatic carbocycles. The van der Waals surface area contributed by atoms with Crippen LogP contribution in [-0.2, 0) is 11.2 Å². The average molecular weight is 456 g/mol. The van der Waals surface area contributed by atoms with Crippen LogP contribution < -0.4 is 5.32 Å². The van der Waals surface area contributed by atoms with Crippen LogP contribution in [0.5, 0.6) is 0 Å². The molecular formula is C21H25Cl3N4O. The molecule has 2 atom stereocenters. The minimum atomic E-state index is -0.116. The van der Waals surface area contributed by atoms with Crippen LogP contribution in [0.3, 0.4) is 0 Å². The first-order valence-corrected chi connectivity index (χ1v) is 9.68. The van der Waals surface area contributed by atoms with Gasteiger partial charge in [-0.3, -0.25) is 10.1 Å². The second-order valence-corrected chi connectivity index (χ2v) is 7.55. The van der Waals surface area contributed by atoms with E-state index in [1.54, 1.807) is 4.90 Å². The van der Waals surface area contributed by atoms with Crippen molar-refractivity contribution in [2.45, 2.75) is 31.3 Å². The third-order valence-electron chi connectivity index (χ3n) is 5.20. The molecule has 1 aliphatic heterocycles. The molecule has 5 nitrogen and oxygen atoms in total. The average Bonchev–Trinajstić information content (AvgIpc) is 3.33. The van der Waals surface area contributed by atoms with Crippen LogP contribution in [0.25, 0.3) is 11.0 Å². The van der Waals surface area contributed by atoms with Crippen molar-refractivity contribution in [1.29, 1.82) is 0 Å². The molecule has 2 heterocycles. The quantitative estimate of drug-likeness (QED) is 0.593. The van der Waals surface area contributed by atoms with Crippen LogP contribution in [0.1, 0.15) is 30.3 Å². The number of H-pyrrole nitrogens is 1. The molecule has 0 unspecified atom stereocenters. The molecule has 0 aliphatic carbocycles. The Morgan fingerprint density at radius 1 is 1.17 bits per heavy atom. The number of likely N-dealkylation sites (N-methyl/N-ethyl adjacent to an activating group) is 1. The van der Waals surface area contributed by atoms with Gasteiger partial charge in [-0.25, -0.2) is 4.98 Å². The Labute approximate surface area is 188 Å². The van der Waals surface area contributed by atoms with Gasteiger partial charge < -0.3 is 9.88 Å². The van der Waals surface area contributed by atoms with Gasteiger partial charge in [0, 0.05) is 31.1 Å². The highest BCUT2D eigenvalue weighted by atomic mass is 35.5. The molecule has 156 valence electrons. The van der Waals surface area contributed by atoms with E-state index >= 15 is 0 Å². The zero-order valence-corrected chi connectivity index (χ0v) is 18.5. The number of halogens is 3. The fourth-order valence-corrected chi connectivity index (χ4v) is 3.86. The molecule has 2 N–H and O–H groups in total. The lowest BCUT2D eigenvalue weighted by molar-refractivity contribution is -0.131. The summed E-state index contributed by atoms with van der Waals surface area (Å²) in [5, 5.41) is 4.17. The number of hydrogen-bond acceptors (Lipinski definition) is 3. The van der Waals surface area contributed by atoms with Crippen LogP contribution in [0.4, 0.5) is 0 Å². The summed E-state index contributed by atoms with van der Waals surface area (Å²) < 4.78 is 0. The van der Waals surface area contributed by atoms with Gasteiger partial charge in [0.05, 0.1) is 17.1 Å². The number of carbonyl (C=O) groups is 1. The Bertz CT molecular complexity index is 948. The second kappa shape index (κ2) is 10.3. The molecule has 1 fully saturated rings. The summed E-state index contributed by atoms with van der Waals surface area (Å²) in [6.45, 7) is 0.626. The van der Waals surface area contributed by atoms with E-state index in [0.29, 0.717) is 18.0 Å². The van der Waals surface area contributed by atoms with Gasteiger partial charge in [0.15, 0.2) is 0 Å². The normalized spacial score (nSPS) is 18.1. The summed E-state index contributed by atoms with van der Waals surface area (Å²) in [7, 11) is 1.86. The van der Waals surface area contributed by atoms with Crippen molar-refractivity contribution in [2.24, 2.45) is 0 Å². The number of aromatic amines is 1. The lowest BCUT2D eigenvalue weighted by Crippen LogP contribution is -2.42. The number of benzene rings is 2. The smallest absolute Gasteiger partial charge is 0.239 e. The first kappa shape index (κ1) is 23.5. The third kappa shape index (κ3) is 5.43. The summed E-state index contributed by atoms with van der Waals surface area (Å²) in [6, 6.07) is 16.1. The number of rotatable bonds is 5. The number of nitrogens with zero attached hydrogens (tertiary/aromatic N) is 2. The lowest BCUT2D eigenvalue weighted by atomic mass is 10.1. The summed E-state index contributed by atoms with van der Waals surface area (Å²) in [5.74, 6) is 1.01. The number of amides is 1. The van der Waals surface area contributed by atoms with E-state index in [9.17, 15) is 4.79 Å². The Balaban J connectivity index is 0.00000150. The number of aromatic nitrogens is 2. The molecule has 1 saturated heterocycles. The lowest BCUT2D eigenvalue weighted by Gasteiger charge is -2.21. The molecule has 1 amide bonds. The van der Waals surface area contributed by atoms with Gasteiger partial charge in [0.25, 0.3) is 0 Å². The summed E-state index contributed by atoms with van der Waals surface area (Å²) in [6.07, 6.45) is 2.54. The molecule has 3 aromatic rings. The number of imidazole rings is 1. The van der Waals surface area contributed by atoms with E-state index in [0.717, 1.165) is 29.7 Å². The second-order valence-electron chi connectivity index (χ2n) is 7.11.